The molecule has 1 unspecified atom stereocenters. The molecule has 0 aliphatic heterocycles. The molecular weight excluding hydrogens is 592 g/mol. The van der Waals surface area contributed by atoms with E-state index in [1.807, 2.05) is 0 Å². The molecule has 0 amide bonds. The summed E-state index contributed by atoms with van der Waals surface area (Å²) in [5, 5.41) is 9.60. The van der Waals surface area contributed by atoms with Gasteiger partial charge in [0.15, 0.2) is 0 Å². The standard InChI is InChI=1S/C44H88O4/c1-3-5-7-9-11-13-15-17-19-21-23-25-27-29-31-33-35-37-39-44(46)48-43(41-45)42-47-40-38-36-34-32-30-28-26-24-22-20-18-16-14-12-10-8-6-4-2/h43,45H,3-42H2,1-2H3. The molecule has 0 aromatic carbocycles. The highest BCUT2D eigenvalue weighted by Crippen LogP contribution is 2.16. The summed E-state index contributed by atoms with van der Waals surface area (Å²) in [5.74, 6) is -0.192. The van der Waals surface area contributed by atoms with Gasteiger partial charge in [0.25, 0.3) is 0 Å². The fraction of sp³-hybridized carbons (Fsp3) is 0.977. The molecular formula is C44H88O4. The molecule has 0 aromatic rings. The minimum Gasteiger partial charge on any atom is -0.457 e. The van der Waals surface area contributed by atoms with Gasteiger partial charge in [-0.2, -0.15) is 0 Å². The predicted molar refractivity (Wildman–Crippen MR) is 210 cm³/mol. The summed E-state index contributed by atoms with van der Waals surface area (Å²) < 4.78 is 11.2. The fourth-order valence-electron chi connectivity index (χ4n) is 6.86. The Bertz CT molecular complexity index is 594. The van der Waals surface area contributed by atoms with Gasteiger partial charge in [0.05, 0.1) is 13.2 Å². The van der Waals surface area contributed by atoms with Gasteiger partial charge < -0.3 is 14.6 Å². The van der Waals surface area contributed by atoms with Crippen LogP contribution in [0.1, 0.15) is 251 Å². The number of esters is 1. The maximum Gasteiger partial charge on any atom is 0.306 e. The van der Waals surface area contributed by atoms with Crippen LogP contribution in [0, 0.1) is 0 Å². The molecule has 4 nitrogen and oxygen atoms in total. The van der Waals surface area contributed by atoms with Gasteiger partial charge in [-0.05, 0) is 12.8 Å². The summed E-state index contributed by atoms with van der Waals surface area (Å²) >= 11 is 0. The monoisotopic (exact) mass is 681 g/mol. The Morgan fingerprint density at radius 2 is 0.688 bits per heavy atom. The van der Waals surface area contributed by atoms with Crippen LogP contribution < -0.4 is 0 Å². The number of rotatable bonds is 42. The van der Waals surface area contributed by atoms with Crippen molar-refractivity contribution in [3.8, 4) is 0 Å². The lowest BCUT2D eigenvalue weighted by atomic mass is 10.0. The number of ether oxygens (including phenoxy) is 2. The molecule has 0 radical (unpaired) electrons. The van der Waals surface area contributed by atoms with E-state index >= 15 is 0 Å². The highest BCUT2D eigenvalue weighted by atomic mass is 16.6. The van der Waals surface area contributed by atoms with Crippen LogP contribution in [0.3, 0.4) is 0 Å². The highest BCUT2D eigenvalue weighted by molar-refractivity contribution is 5.69. The van der Waals surface area contributed by atoms with E-state index in [0.29, 0.717) is 19.6 Å². The Labute approximate surface area is 302 Å². The van der Waals surface area contributed by atoms with Gasteiger partial charge in [0.1, 0.15) is 6.10 Å². The van der Waals surface area contributed by atoms with E-state index in [4.69, 9.17) is 9.47 Å². The van der Waals surface area contributed by atoms with E-state index in [1.54, 1.807) is 0 Å². The van der Waals surface area contributed by atoms with Gasteiger partial charge in [-0.15, -0.1) is 0 Å². The zero-order chi connectivity index (χ0) is 34.9. The number of aliphatic hydroxyl groups is 1. The lowest BCUT2D eigenvalue weighted by Crippen LogP contribution is -2.27. The highest BCUT2D eigenvalue weighted by Gasteiger charge is 2.13. The van der Waals surface area contributed by atoms with Crippen molar-refractivity contribution in [3.05, 3.63) is 0 Å². The van der Waals surface area contributed by atoms with Crippen LogP contribution in [-0.2, 0) is 14.3 Å². The molecule has 0 aromatic heterocycles. The third-order valence-corrected chi connectivity index (χ3v) is 10.2. The van der Waals surface area contributed by atoms with E-state index < -0.39 is 6.10 Å². The molecule has 0 fully saturated rings. The SMILES string of the molecule is CCCCCCCCCCCCCCCCCCCCOCC(CO)OC(=O)CCCCCCCCCCCCCCCCCCCC. The normalized spacial score (nSPS) is 12.1. The predicted octanol–water partition coefficient (Wildman–Crippen LogP) is 14.4. The summed E-state index contributed by atoms with van der Waals surface area (Å²) in [7, 11) is 0. The first-order chi connectivity index (χ1) is 23.7. The van der Waals surface area contributed by atoms with Crippen molar-refractivity contribution in [1.29, 1.82) is 0 Å². The van der Waals surface area contributed by atoms with Crippen LogP contribution in [0.25, 0.3) is 0 Å². The quantitative estimate of drug-likeness (QED) is 0.0515. The lowest BCUT2D eigenvalue weighted by Gasteiger charge is -2.16. The first kappa shape index (κ1) is 47.4. The number of unbranched alkanes of at least 4 members (excludes halogenated alkanes) is 34. The van der Waals surface area contributed by atoms with E-state index in [9.17, 15) is 9.90 Å². The molecule has 0 aliphatic rings. The third-order valence-electron chi connectivity index (χ3n) is 10.2. The molecule has 48 heavy (non-hydrogen) atoms. The molecule has 1 atom stereocenters. The molecule has 0 saturated carbocycles. The molecule has 288 valence electrons. The van der Waals surface area contributed by atoms with Crippen molar-refractivity contribution >= 4 is 5.97 Å². The van der Waals surface area contributed by atoms with Crippen LogP contribution >= 0.6 is 0 Å². The smallest absolute Gasteiger partial charge is 0.306 e. The second kappa shape index (κ2) is 42.6. The number of hydrogen-bond donors (Lipinski definition) is 1. The summed E-state index contributed by atoms with van der Waals surface area (Å²) in [6.07, 6.45) is 48.8. The first-order valence-electron chi connectivity index (χ1n) is 22.1. The molecule has 0 saturated heterocycles. The van der Waals surface area contributed by atoms with E-state index in [1.165, 1.54) is 212 Å². The van der Waals surface area contributed by atoms with Crippen LogP contribution in [0.4, 0.5) is 0 Å². The molecule has 0 spiro atoms. The minimum absolute atomic E-state index is 0.163. The Balaban J connectivity index is 3.35. The topological polar surface area (TPSA) is 55.8 Å². The number of carbonyl (C=O) groups is 1. The van der Waals surface area contributed by atoms with Gasteiger partial charge in [-0.3, -0.25) is 4.79 Å². The summed E-state index contributed by atoms with van der Waals surface area (Å²) in [4.78, 5) is 12.2. The van der Waals surface area contributed by atoms with E-state index in [2.05, 4.69) is 13.8 Å². The lowest BCUT2D eigenvalue weighted by molar-refractivity contribution is -0.154. The van der Waals surface area contributed by atoms with Crippen LogP contribution in [0.15, 0.2) is 0 Å². The van der Waals surface area contributed by atoms with Crippen molar-refractivity contribution in [2.75, 3.05) is 19.8 Å². The van der Waals surface area contributed by atoms with Crippen LogP contribution in [-0.4, -0.2) is 37.0 Å². The summed E-state index contributed by atoms with van der Waals surface area (Å²) in [6, 6.07) is 0. The average Bonchev–Trinajstić information content (AvgIpc) is 3.09. The average molecular weight is 681 g/mol. The zero-order valence-electron chi connectivity index (χ0n) is 33.0. The second-order valence-corrected chi connectivity index (χ2v) is 15.1. The fourth-order valence-corrected chi connectivity index (χ4v) is 6.86. The molecule has 0 rings (SSSR count). The maximum absolute atomic E-state index is 12.2. The van der Waals surface area contributed by atoms with Crippen molar-refractivity contribution < 1.29 is 19.4 Å². The van der Waals surface area contributed by atoms with Gasteiger partial charge in [0.2, 0.25) is 0 Å². The Hall–Kier alpha value is -0.610. The summed E-state index contributed by atoms with van der Waals surface area (Å²) in [6.45, 7) is 5.41. The zero-order valence-corrected chi connectivity index (χ0v) is 33.0. The van der Waals surface area contributed by atoms with Crippen molar-refractivity contribution in [2.45, 2.75) is 258 Å². The van der Waals surface area contributed by atoms with E-state index in [0.717, 1.165) is 19.3 Å². The molecule has 1 N–H and O–H groups in total. The molecule has 0 aliphatic carbocycles. The molecule has 0 heterocycles. The van der Waals surface area contributed by atoms with Crippen LogP contribution in [0.2, 0.25) is 0 Å². The van der Waals surface area contributed by atoms with Gasteiger partial charge in [-0.1, -0.05) is 232 Å². The van der Waals surface area contributed by atoms with Crippen LogP contribution in [0.5, 0.6) is 0 Å². The minimum atomic E-state index is -0.524. The Morgan fingerprint density at radius 3 is 0.979 bits per heavy atom. The Morgan fingerprint density at radius 1 is 0.417 bits per heavy atom. The number of carbonyl (C=O) groups excluding carboxylic acids is 1. The van der Waals surface area contributed by atoms with Gasteiger partial charge >= 0.3 is 5.97 Å². The van der Waals surface area contributed by atoms with E-state index in [-0.39, 0.29) is 12.6 Å². The maximum atomic E-state index is 12.2. The van der Waals surface area contributed by atoms with Gasteiger partial charge in [0, 0.05) is 13.0 Å². The largest absolute Gasteiger partial charge is 0.457 e. The molecule has 0 bridgehead atoms. The van der Waals surface area contributed by atoms with Crippen molar-refractivity contribution in [1.82, 2.24) is 0 Å². The number of aliphatic hydroxyl groups excluding tert-OH is 1. The van der Waals surface area contributed by atoms with Crippen molar-refractivity contribution in [2.24, 2.45) is 0 Å². The van der Waals surface area contributed by atoms with Crippen molar-refractivity contribution in [3.63, 3.8) is 0 Å². The molecule has 4 heteroatoms. The van der Waals surface area contributed by atoms with Gasteiger partial charge in [-0.25, -0.2) is 0 Å². The number of hydrogen-bond acceptors (Lipinski definition) is 4. The first-order valence-corrected chi connectivity index (χ1v) is 22.1. The Kier molecular flexibility index (Phi) is 42.0. The second-order valence-electron chi connectivity index (χ2n) is 15.1. The summed E-state index contributed by atoms with van der Waals surface area (Å²) in [5.41, 5.74) is 0. The third kappa shape index (κ3) is 39.8.